The quantitative estimate of drug-likeness (QED) is 0.639. The van der Waals surface area contributed by atoms with Crippen LogP contribution in [0.25, 0.3) is 0 Å². The zero-order valence-corrected chi connectivity index (χ0v) is 5.76. The third kappa shape index (κ3) is 1.27. The first-order chi connectivity index (χ1) is 5.54. The van der Waals surface area contributed by atoms with Crippen molar-refractivity contribution >= 4 is 5.69 Å². The highest BCUT2D eigenvalue weighted by molar-refractivity contribution is 5.52. The van der Waals surface area contributed by atoms with Crippen molar-refractivity contribution in [2.75, 3.05) is 5.73 Å². The molecule has 0 aliphatic carbocycles. The number of hydrogen-bond donors (Lipinski definition) is 2. The number of aromatic nitrogens is 1. The van der Waals surface area contributed by atoms with Crippen molar-refractivity contribution in [2.24, 2.45) is 0 Å². The molecule has 3 N–H and O–H groups in total. The lowest BCUT2D eigenvalue weighted by molar-refractivity contribution is 0.147. The van der Waals surface area contributed by atoms with Crippen molar-refractivity contribution < 1.29 is 18.3 Å². The van der Waals surface area contributed by atoms with Crippen LogP contribution in [0.1, 0.15) is 12.0 Å². The Balaban J connectivity index is 3.33. The van der Waals surface area contributed by atoms with Gasteiger partial charge in [-0.15, -0.1) is 0 Å². The molecule has 1 aromatic heterocycles. The van der Waals surface area contributed by atoms with E-state index in [1.165, 1.54) is 0 Å². The Morgan fingerprint density at radius 3 is 2.50 bits per heavy atom. The standard InChI is InChI=1S/C6H5F3N2O/c7-5(8)3-2(12)1-11-6(9)4(3)10/h1,5,12H,10H2. The molecule has 66 valence electrons. The van der Waals surface area contributed by atoms with E-state index in [1.807, 2.05) is 0 Å². The molecule has 0 amide bonds. The monoisotopic (exact) mass is 178 g/mol. The number of halogens is 3. The first-order valence-electron chi connectivity index (χ1n) is 2.95. The van der Waals surface area contributed by atoms with E-state index < -0.39 is 29.4 Å². The van der Waals surface area contributed by atoms with Gasteiger partial charge in [0.05, 0.1) is 11.8 Å². The summed E-state index contributed by atoms with van der Waals surface area (Å²) in [6.07, 6.45) is -2.42. The topological polar surface area (TPSA) is 59.1 Å². The molecule has 0 aromatic carbocycles. The minimum atomic E-state index is -3.01. The van der Waals surface area contributed by atoms with E-state index in [-0.39, 0.29) is 0 Å². The SMILES string of the molecule is Nc1c(F)ncc(O)c1C(F)F. The highest BCUT2D eigenvalue weighted by Gasteiger charge is 2.19. The maximum absolute atomic E-state index is 12.4. The first kappa shape index (κ1) is 8.63. The average Bonchev–Trinajstić information content (AvgIpc) is 1.97. The second kappa shape index (κ2) is 2.88. The Morgan fingerprint density at radius 2 is 2.08 bits per heavy atom. The van der Waals surface area contributed by atoms with E-state index in [9.17, 15) is 13.2 Å². The minimum absolute atomic E-state index is 0.590. The molecule has 0 aliphatic heterocycles. The van der Waals surface area contributed by atoms with Crippen molar-refractivity contribution in [2.45, 2.75) is 6.43 Å². The highest BCUT2D eigenvalue weighted by atomic mass is 19.3. The van der Waals surface area contributed by atoms with Gasteiger partial charge < -0.3 is 10.8 Å². The molecule has 0 atom stereocenters. The maximum Gasteiger partial charge on any atom is 0.269 e. The number of pyridine rings is 1. The van der Waals surface area contributed by atoms with Gasteiger partial charge in [0.1, 0.15) is 11.4 Å². The molecule has 0 aliphatic rings. The van der Waals surface area contributed by atoms with Crippen LogP contribution in [-0.4, -0.2) is 10.1 Å². The zero-order valence-electron chi connectivity index (χ0n) is 5.76. The predicted octanol–water partition coefficient (Wildman–Crippen LogP) is 1.45. The van der Waals surface area contributed by atoms with Crippen LogP contribution < -0.4 is 5.73 Å². The van der Waals surface area contributed by atoms with Gasteiger partial charge >= 0.3 is 0 Å². The lowest BCUT2D eigenvalue weighted by Crippen LogP contribution is -2.00. The Labute approximate surface area is 65.6 Å². The number of hydrogen-bond acceptors (Lipinski definition) is 3. The summed E-state index contributed by atoms with van der Waals surface area (Å²) in [5, 5.41) is 8.80. The van der Waals surface area contributed by atoms with Crippen LogP contribution in [0, 0.1) is 5.95 Å². The molecule has 0 fully saturated rings. The third-order valence-electron chi connectivity index (χ3n) is 1.31. The molecule has 1 rings (SSSR count). The summed E-state index contributed by atoms with van der Waals surface area (Å²) in [6.45, 7) is 0. The van der Waals surface area contributed by atoms with Gasteiger partial charge in [-0.3, -0.25) is 0 Å². The van der Waals surface area contributed by atoms with Gasteiger partial charge in [-0.25, -0.2) is 13.8 Å². The largest absolute Gasteiger partial charge is 0.506 e. The summed E-state index contributed by atoms with van der Waals surface area (Å²) < 4.78 is 36.5. The smallest absolute Gasteiger partial charge is 0.269 e. The molecular weight excluding hydrogens is 173 g/mol. The fraction of sp³-hybridized carbons (Fsp3) is 0.167. The van der Waals surface area contributed by atoms with Crippen LogP contribution in [0.4, 0.5) is 18.9 Å². The summed E-state index contributed by atoms with van der Waals surface area (Å²) in [7, 11) is 0. The molecular formula is C6H5F3N2O. The van der Waals surface area contributed by atoms with E-state index in [1.54, 1.807) is 0 Å². The van der Waals surface area contributed by atoms with Gasteiger partial charge in [0.2, 0.25) is 5.95 Å². The van der Waals surface area contributed by atoms with Gasteiger partial charge in [-0.2, -0.15) is 4.39 Å². The van der Waals surface area contributed by atoms with Crippen molar-refractivity contribution in [3.05, 3.63) is 17.7 Å². The van der Waals surface area contributed by atoms with Crippen LogP contribution in [0.5, 0.6) is 5.75 Å². The minimum Gasteiger partial charge on any atom is -0.506 e. The molecule has 0 bridgehead atoms. The van der Waals surface area contributed by atoms with Gasteiger partial charge in [-0.1, -0.05) is 0 Å². The molecule has 0 saturated carbocycles. The van der Waals surface area contributed by atoms with Crippen molar-refractivity contribution in [1.82, 2.24) is 4.98 Å². The zero-order chi connectivity index (χ0) is 9.30. The van der Waals surface area contributed by atoms with E-state index in [2.05, 4.69) is 4.98 Å². The maximum atomic E-state index is 12.4. The number of nitrogens with two attached hydrogens (primary N) is 1. The first-order valence-corrected chi connectivity index (χ1v) is 2.95. The number of nitrogens with zero attached hydrogens (tertiary/aromatic N) is 1. The molecule has 0 saturated heterocycles. The summed E-state index contributed by atoms with van der Waals surface area (Å²) in [5.74, 6) is -2.01. The van der Waals surface area contributed by atoms with E-state index in [0.29, 0.717) is 6.20 Å². The fourth-order valence-electron chi connectivity index (χ4n) is 0.735. The molecule has 0 radical (unpaired) electrons. The van der Waals surface area contributed by atoms with Crippen molar-refractivity contribution in [3.63, 3.8) is 0 Å². The van der Waals surface area contributed by atoms with Crippen molar-refractivity contribution in [1.29, 1.82) is 0 Å². The van der Waals surface area contributed by atoms with Crippen molar-refractivity contribution in [3.8, 4) is 5.75 Å². The number of aromatic hydroxyl groups is 1. The average molecular weight is 178 g/mol. The molecule has 0 unspecified atom stereocenters. The normalized spacial score (nSPS) is 10.7. The van der Waals surface area contributed by atoms with Crippen LogP contribution in [-0.2, 0) is 0 Å². The van der Waals surface area contributed by atoms with Gasteiger partial charge in [0.15, 0.2) is 0 Å². The van der Waals surface area contributed by atoms with Crippen LogP contribution in [0.3, 0.4) is 0 Å². The summed E-state index contributed by atoms with van der Waals surface area (Å²) >= 11 is 0. The molecule has 12 heavy (non-hydrogen) atoms. The molecule has 3 nitrogen and oxygen atoms in total. The van der Waals surface area contributed by atoms with E-state index in [0.717, 1.165) is 0 Å². The fourth-order valence-corrected chi connectivity index (χ4v) is 0.735. The number of nitrogen functional groups attached to an aromatic ring is 1. The van der Waals surface area contributed by atoms with Crippen LogP contribution >= 0.6 is 0 Å². The molecule has 0 spiro atoms. The van der Waals surface area contributed by atoms with Gasteiger partial charge in [-0.05, 0) is 0 Å². The Kier molecular flexibility index (Phi) is 2.07. The summed E-state index contributed by atoms with van der Waals surface area (Å²) in [4.78, 5) is 2.95. The van der Waals surface area contributed by atoms with Gasteiger partial charge in [0, 0.05) is 0 Å². The Hall–Kier alpha value is -1.46. The highest BCUT2D eigenvalue weighted by Crippen LogP contribution is 2.33. The molecule has 6 heteroatoms. The summed E-state index contributed by atoms with van der Waals surface area (Å²) in [6, 6.07) is 0. The summed E-state index contributed by atoms with van der Waals surface area (Å²) in [5.41, 5.74) is 3.18. The second-order valence-electron chi connectivity index (χ2n) is 2.06. The Morgan fingerprint density at radius 1 is 1.50 bits per heavy atom. The van der Waals surface area contributed by atoms with Crippen LogP contribution in [0.15, 0.2) is 6.20 Å². The van der Waals surface area contributed by atoms with E-state index >= 15 is 0 Å². The lowest BCUT2D eigenvalue weighted by atomic mass is 10.2. The number of anilines is 1. The number of rotatable bonds is 1. The third-order valence-corrected chi connectivity index (χ3v) is 1.31. The molecule has 1 heterocycles. The predicted molar refractivity (Wildman–Crippen MR) is 35.2 cm³/mol. The van der Waals surface area contributed by atoms with E-state index in [4.69, 9.17) is 10.8 Å². The Bertz CT molecular complexity index is 303. The van der Waals surface area contributed by atoms with Crippen LogP contribution in [0.2, 0.25) is 0 Å². The van der Waals surface area contributed by atoms with Gasteiger partial charge in [0.25, 0.3) is 6.43 Å². The lowest BCUT2D eigenvalue weighted by Gasteiger charge is -2.05. The molecule has 1 aromatic rings. The number of alkyl halides is 2. The second-order valence-corrected chi connectivity index (χ2v) is 2.06.